The van der Waals surface area contributed by atoms with Gasteiger partial charge in [-0.3, -0.25) is 4.99 Å². The summed E-state index contributed by atoms with van der Waals surface area (Å²) >= 11 is 1.93. The van der Waals surface area contributed by atoms with Crippen LogP contribution in [0.2, 0.25) is 0 Å². The number of nitrogens with zero attached hydrogens (tertiary/aromatic N) is 1. The Hall–Kier alpha value is -0.180. The lowest BCUT2D eigenvalue weighted by molar-refractivity contribution is 0.432. The molecular formula is C15H28N2S. The van der Waals surface area contributed by atoms with Gasteiger partial charge in [0, 0.05) is 11.8 Å². The molecule has 1 N–H and O–H groups in total. The van der Waals surface area contributed by atoms with Crippen molar-refractivity contribution in [1.82, 2.24) is 5.32 Å². The number of nitrogens with one attached hydrogen (secondary N) is 1. The molecule has 2 nitrogen and oxygen atoms in total. The average molecular weight is 268 g/mol. The van der Waals surface area contributed by atoms with E-state index in [1.54, 1.807) is 0 Å². The average Bonchev–Trinajstić information content (AvgIpc) is 2.63. The predicted molar refractivity (Wildman–Crippen MR) is 82.3 cm³/mol. The van der Waals surface area contributed by atoms with Crippen molar-refractivity contribution in [1.29, 1.82) is 0 Å². The van der Waals surface area contributed by atoms with E-state index in [2.05, 4.69) is 26.1 Å². The summed E-state index contributed by atoms with van der Waals surface area (Å²) in [5.74, 6) is 2.75. The highest BCUT2D eigenvalue weighted by molar-refractivity contribution is 8.14. The van der Waals surface area contributed by atoms with Crippen molar-refractivity contribution in [3.63, 3.8) is 0 Å². The third kappa shape index (κ3) is 4.18. The maximum Gasteiger partial charge on any atom is 0.157 e. The van der Waals surface area contributed by atoms with Crippen molar-refractivity contribution in [2.45, 2.75) is 71.4 Å². The van der Waals surface area contributed by atoms with Gasteiger partial charge in [0.05, 0.1) is 6.04 Å². The minimum Gasteiger partial charge on any atom is -0.361 e. The second-order valence-electron chi connectivity index (χ2n) is 6.40. The molecule has 0 aromatic rings. The van der Waals surface area contributed by atoms with Crippen LogP contribution in [0.4, 0.5) is 0 Å². The van der Waals surface area contributed by atoms with Crippen LogP contribution in [-0.2, 0) is 0 Å². The topological polar surface area (TPSA) is 24.4 Å². The lowest BCUT2D eigenvalue weighted by atomic mass is 9.98. The Morgan fingerprint density at radius 2 is 2.06 bits per heavy atom. The fourth-order valence-electron chi connectivity index (χ4n) is 3.02. The van der Waals surface area contributed by atoms with Crippen LogP contribution in [0.3, 0.4) is 0 Å². The van der Waals surface area contributed by atoms with Crippen molar-refractivity contribution in [2.75, 3.05) is 5.75 Å². The van der Waals surface area contributed by atoms with Gasteiger partial charge in [0.25, 0.3) is 0 Å². The van der Waals surface area contributed by atoms with Crippen LogP contribution in [0, 0.1) is 11.8 Å². The lowest BCUT2D eigenvalue weighted by Crippen LogP contribution is -2.29. The van der Waals surface area contributed by atoms with Crippen LogP contribution in [0.25, 0.3) is 0 Å². The molecule has 0 radical (unpaired) electrons. The van der Waals surface area contributed by atoms with E-state index in [4.69, 9.17) is 4.99 Å². The summed E-state index contributed by atoms with van der Waals surface area (Å²) in [5, 5.41) is 4.85. The molecule has 2 rings (SSSR count). The van der Waals surface area contributed by atoms with Gasteiger partial charge < -0.3 is 5.32 Å². The normalized spacial score (nSPS) is 35.8. The molecule has 0 bridgehead atoms. The van der Waals surface area contributed by atoms with Crippen LogP contribution < -0.4 is 5.32 Å². The smallest absolute Gasteiger partial charge is 0.157 e. The van der Waals surface area contributed by atoms with E-state index in [0.29, 0.717) is 12.1 Å². The first-order valence-corrected chi connectivity index (χ1v) is 8.61. The molecule has 3 heteroatoms. The first-order chi connectivity index (χ1) is 8.65. The molecule has 0 spiro atoms. The molecule has 0 amide bonds. The van der Waals surface area contributed by atoms with Gasteiger partial charge in [-0.25, -0.2) is 0 Å². The monoisotopic (exact) mass is 268 g/mol. The Bertz CT molecular complexity index is 288. The number of hydrogen-bond acceptors (Lipinski definition) is 2. The standard InChI is InChI=1S/C15H28N2S/c1-11(2)9-13-10-18-15(16-13)17-14-8-6-4-5-7-12(14)3/h11-14H,4-10H2,1-3H3,(H,16,17). The summed E-state index contributed by atoms with van der Waals surface area (Å²) in [7, 11) is 0. The third-order valence-corrected chi connectivity index (χ3v) is 5.17. The molecule has 1 heterocycles. The summed E-state index contributed by atoms with van der Waals surface area (Å²) in [6, 6.07) is 1.22. The van der Waals surface area contributed by atoms with Crippen LogP contribution in [0.15, 0.2) is 4.99 Å². The maximum atomic E-state index is 5.00. The highest BCUT2D eigenvalue weighted by Crippen LogP contribution is 2.27. The molecular weight excluding hydrogens is 240 g/mol. The van der Waals surface area contributed by atoms with Crippen molar-refractivity contribution < 1.29 is 0 Å². The van der Waals surface area contributed by atoms with E-state index in [9.17, 15) is 0 Å². The number of amidine groups is 1. The van der Waals surface area contributed by atoms with Crippen LogP contribution >= 0.6 is 11.8 Å². The Balaban J connectivity index is 1.88. The van der Waals surface area contributed by atoms with Crippen molar-refractivity contribution in [2.24, 2.45) is 16.8 Å². The molecule has 1 saturated heterocycles. The number of thioether (sulfide) groups is 1. The van der Waals surface area contributed by atoms with E-state index in [1.165, 1.54) is 49.4 Å². The van der Waals surface area contributed by atoms with Gasteiger partial charge >= 0.3 is 0 Å². The van der Waals surface area contributed by atoms with Gasteiger partial charge in [-0.05, 0) is 31.1 Å². The molecule has 0 aromatic heterocycles. The predicted octanol–water partition coefficient (Wildman–Crippen LogP) is 4.06. The van der Waals surface area contributed by atoms with Gasteiger partial charge in [0.2, 0.25) is 0 Å². The molecule has 104 valence electrons. The summed E-state index contributed by atoms with van der Waals surface area (Å²) < 4.78 is 0. The molecule has 0 aromatic carbocycles. The lowest BCUT2D eigenvalue weighted by Gasteiger charge is -2.18. The highest BCUT2D eigenvalue weighted by Gasteiger charge is 2.24. The van der Waals surface area contributed by atoms with E-state index in [-0.39, 0.29) is 0 Å². The molecule has 1 aliphatic carbocycles. The molecule has 2 aliphatic rings. The largest absolute Gasteiger partial charge is 0.361 e. The number of rotatable bonds is 3. The van der Waals surface area contributed by atoms with E-state index in [1.807, 2.05) is 11.8 Å². The van der Waals surface area contributed by atoms with Crippen molar-refractivity contribution in [3.8, 4) is 0 Å². The third-order valence-electron chi connectivity index (χ3n) is 4.10. The molecule has 18 heavy (non-hydrogen) atoms. The fourth-order valence-corrected chi connectivity index (χ4v) is 4.06. The summed E-state index contributed by atoms with van der Waals surface area (Å²) in [4.78, 5) is 5.00. The zero-order valence-corrected chi connectivity index (χ0v) is 12.9. The molecule has 3 unspecified atom stereocenters. The van der Waals surface area contributed by atoms with Crippen molar-refractivity contribution in [3.05, 3.63) is 0 Å². The Morgan fingerprint density at radius 3 is 2.83 bits per heavy atom. The molecule has 1 aliphatic heterocycles. The van der Waals surface area contributed by atoms with E-state index >= 15 is 0 Å². The number of hydrogen-bond donors (Lipinski definition) is 1. The van der Waals surface area contributed by atoms with Crippen LogP contribution in [0.1, 0.15) is 59.3 Å². The van der Waals surface area contributed by atoms with Gasteiger partial charge in [-0.2, -0.15) is 0 Å². The Kier molecular flexibility index (Phi) is 5.40. The van der Waals surface area contributed by atoms with E-state index < -0.39 is 0 Å². The van der Waals surface area contributed by atoms with Gasteiger partial charge in [0.15, 0.2) is 5.17 Å². The summed E-state index contributed by atoms with van der Waals surface area (Å²) in [5.41, 5.74) is 0. The second kappa shape index (κ2) is 6.83. The second-order valence-corrected chi connectivity index (χ2v) is 7.41. The SMILES string of the molecule is CC(C)CC1CSC(=NC2CCCCCC2C)N1. The minimum absolute atomic E-state index is 0.570. The summed E-state index contributed by atoms with van der Waals surface area (Å²) in [6.07, 6.45) is 8.10. The van der Waals surface area contributed by atoms with Crippen LogP contribution in [-0.4, -0.2) is 23.0 Å². The first-order valence-electron chi connectivity index (χ1n) is 7.62. The Labute approximate surface area is 116 Å². The highest BCUT2D eigenvalue weighted by atomic mass is 32.2. The zero-order chi connectivity index (χ0) is 13.0. The fraction of sp³-hybridized carbons (Fsp3) is 0.933. The minimum atomic E-state index is 0.570. The van der Waals surface area contributed by atoms with Crippen LogP contribution in [0.5, 0.6) is 0 Å². The Morgan fingerprint density at radius 1 is 1.28 bits per heavy atom. The van der Waals surface area contributed by atoms with E-state index in [0.717, 1.165) is 11.8 Å². The first kappa shape index (κ1) is 14.2. The molecule has 1 saturated carbocycles. The quantitative estimate of drug-likeness (QED) is 0.781. The van der Waals surface area contributed by atoms with Gasteiger partial charge in [-0.15, -0.1) is 0 Å². The molecule has 3 atom stereocenters. The van der Waals surface area contributed by atoms with Gasteiger partial charge in [0.1, 0.15) is 0 Å². The molecule has 2 fully saturated rings. The number of aliphatic imine (C=N–C) groups is 1. The van der Waals surface area contributed by atoms with Gasteiger partial charge in [-0.1, -0.05) is 51.8 Å². The van der Waals surface area contributed by atoms with Crippen molar-refractivity contribution >= 4 is 16.9 Å². The summed E-state index contributed by atoms with van der Waals surface area (Å²) in [6.45, 7) is 6.98. The maximum absolute atomic E-state index is 5.00. The zero-order valence-electron chi connectivity index (χ0n) is 12.1.